The lowest BCUT2D eigenvalue weighted by Crippen LogP contribution is -2.49. The molecular weight excluding hydrogens is 321 g/mol. The van der Waals surface area contributed by atoms with Crippen molar-refractivity contribution in [1.82, 2.24) is 15.1 Å². The zero-order valence-electron chi connectivity index (χ0n) is 12.6. The normalized spacial score (nSPS) is 22.4. The molecule has 1 N–H and O–H groups in total. The Kier molecular flexibility index (Phi) is 6.50. The highest BCUT2D eigenvalue weighted by molar-refractivity contribution is 6.30. The van der Waals surface area contributed by atoms with Gasteiger partial charge in [-0.1, -0.05) is 23.7 Å². The molecule has 22 heavy (non-hydrogen) atoms. The zero-order valence-corrected chi connectivity index (χ0v) is 14.2. The maximum atomic E-state index is 12.4. The van der Waals surface area contributed by atoms with Crippen LogP contribution in [0.25, 0.3) is 0 Å². The van der Waals surface area contributed by atoms with E-state index in [4.69, 9.17) is 11.6 Å². The molecule has 1 aromatic carbocycles. The van der Waals surface area contributed by atoms with Gasteiger partial charge < -0.3 is 10.2 Å². The summed E-state index contributed by atoms with van der Waals surface area (Å²) in [6.45, 7) is 6.10. The maximum Gasteiger partial charge on any atom is 0.227 e. The Morgan fingerprint density at radius 1 is 1.18 bits per heavy atom. The van der Waals surface area contributed by atoms with E-state index in [-0.39, 0.29) is 18.3 Å². The number of halogens is 2. The van der Waals surface area contributed by atoms with Crippen LogP contribution in [0.5, 0.6) is 0 Å². The predicted octanol–water partition coefficient (Wildman–Crippen LogP) is 1.81. The minimum atomic E-state index is 0. The smallest absolute Gasteiger partial charge is 0.227 e. The summed E-state index contributed by atoms with van der Waals surface area (Å²) < 4.78 is 0. The molecule has 1 atom stereocenters. The lowest BCUT2D eigenvalue weighted by molar-refractivity contribution is -0.129. The second-order valence-corrected chi connectivity index (χ2v) is 6.31. The molecule has 0 aromatic heterocycles. The molecule has 6 heteroatoms. The molecule has 2 heterocycles. The fraction of sp³-hybridized carbons (Fsp3) is 0.562. The van der Waals surface area contributed by atoms with Gasteiger partial charge in [0.2, 0.25) is 5.91 Å². The van der Waals surface area contributed by atoms with E-state index in [9.17, 15) is 4.79 Å². The van der Waals surface area contributed by atoms with E-state index in [1.54, 1.807) is 0 Å². The molecule has 0 saturated carbocycles. The van der Waals surface area contributed by atoms with Gasteiger partial charge in [0.15, 0.2) is 0 Å². The van der Waals surface area contributed by atoms with E-state index in [1.807, 2.05) is 29.2 Å². The Morgan fingerprint density at radius 2 is 1.86 bits per heavy atom. The third-order valence-electron chi connectivity index (χ3n) is 4.45. The van der Waals surface area contributed by atoms with E-state index in [0.717, 1.165) is 51.3 Å². The first-order chi connectivity index (χ1) is 10.2. The summed E-state index contributed by atoms with van der Waals surface area (Å²) in [6.07, 6.45) is 1.58. The predicted molar refractivity (Wildman–Crippen MR) is 91.8 cm³/mol. The highest BCUT2D eigenvalue weighted by Crippen LogP contribution is 2.18. The molecule has 3 rings (SSSR count). The molecule has 4 nitrogen and oxygen atoms in total. The first-order valence-corrected chi connectivity index (χ1v) is 8.07. The summed E-state index contributed by atoms with van der Waals surface area (Å²) in [5.74, 6) is 0.231. The van der Waals surface area contributed by atoms with Gasteiger partial charge in [0, 0.05) is 50.3 Å². The molecule has 2 aliphatic heterocycles. The van der Waals surface area contributed by atoms with Crippen LogP contribution in [0.4, 0.5) is 0 Å². The van der Waals surface area contributed by atoms with Crippen molar-refractivity contribution in [2.75, 3.05) is 39.3 Å². The molecule has 1 amide bonds. The van der Waals surface area contributed by atoms with Crippen molar-refractivity contribution < 1.29 is 4.79 Å². The molecular formula is C16H23Cl2N3O. The van der Waals surface area contributed by atoms with Crippen molar-refractivity contribution in [2.24, 2.45) is 0 Å². The molecule has 2 fully saturated rings. The van der Waals surface area contributed by atoms with Crippen LogP contribution in [0, 0.1) is 0 Å². The number of benzene rings is 1. The van der Waals surface area contributed by atoms with Gasteiger partial charge in [-0.15, -0.1) is 12.4 Å². The van der Waals surface area contributed by atoms with Crippen molar-refractivity contribution in [3.8, 4) is 0 Å². The van der Waals surface area contributed by atoms with E-state index in [1.165, 1.54) is 0 Å². The number of nitrogens with zero attached hydrogens (tertiary/aromatic N) is 2. The average molecular weight is 344 g/mol. The Balaban J connectivity index is 0.00000176. The summed E-state index contributed by atoms with van der Waals surface area (Å²) in [6, 6.07) is 8.10. The van der Waals surface area contributed by atoms with Gasteiger partial charge in [0.1, 0.15) is 0 Å². The number of amides is 1. The van der Waals surface area contributed by atoms with Crippen molar-refractivity contribution in [2.45, 2.75) is 18.9 Å². The monoisotopic (exact) mass is 343 g/mol. The SMILES string of the molecule is Cl.O=C(Cc1ccc(Cl)cc1)N1CCC(N2CCNCC2)C1. The standard InChI is InChI=1S/C16H22ClN3O.ClH/c17-14-3-1-13(2-4-14)11-16(21)20-8-5-15(12-20)19-9-6-18-7-10-19;/h1-4,15,18H,5-12H2;1H. The second-order valence-electron chi connectivity index (χ2n) is 5.87. The van der Waals surface area contributed by atoms with Gasteiger partial charge in [-0.25, -0.2) is 0 Å². The molecule has 122 valence electrons. The first-order valence-electron chi connectivity index (χ1n) is 7.69. The first kappa shape index (κ1) is 17.5. The van der Waals surface area contributed by atoms with Gasteiger partial charge in [0.05, 0.1) is 6.42 Å². The number of rotatable bonds is 3. The minimum Gasteiger partial charge on any atom is -0.341 e. The molecule has 0 radical (unpaired) electrons. The third-order valence-corrected chi connectivity index (χ3v) is 4.70. The summed E-state index contributed by atoms with van der Waals surface area (Å²) in [5.41, 5.74) is 1.04. The highest BCUT2D eigenvalue weighted by Gasteiger charge is 2.30. The van der Waals surface area contributed by atoms with Crippen LogP contribution in [-0.4, -0.2) is 61.0 Å². The van der Waals surface area contributed by atoms with Crippen molar-refractivity contribution in [1.29, 1.82) is 0 Å². The number of hydrogen-bond acceptors (Lipinski definition) is 3. The van der Waals surface area contributed by atoms with Gasteiger partial charge in [-0.3, -0.25) is 9.69 Å². The van der Waals surface area contributed by atoms with Crippen LogP contribution >= 0.6 is 24.0 Å². The van der Waals surface area contributed by atoms with E-state index in [2.05, 4.69) is 10.2 Å². The molecule has 1 unspecified atom stereocenters. The molecule has 0 aliphatic carbocycles. The van der Waals surface area contributed by atoms with E-state index < -0.39 is 0 Å². The molecule has 0 bridgehead atoms. The number of carbonyl (C=O) groups excluding carboxylic acids is 1. The summed E-state index contributed by atoms with van der Waals surface area (Å²) in [7, 11) is 0. The number of hydrogen-bond donors (Lipinski definition) is 1. The maximum absolute atomic E-state index is 12.4. The third kappa shape index (κ3) is 4.35. The zero-order chi connectivity index (χ0) is 14.7. The summed E-state index contributed by atoms with van der Waals surface area (Å²) >= 11 is 5.87. The minimum absolute atomic E-state index is 0. The lowest BCUT2D eigenvalue weighted by Gasteiger charge is -2.32. The van der Waals surface area contributed by atoms with Gasteiger partial charge >= 0.3 is 0 Å². The topological polar surface area (TPSA) is 35.6 Å². The van der Waals surface area contributed by atoms with Gasteiger partial charge in [-0.2, -0.15) is 0 Å². The second kappa shape index (κ2) is 8.16. The van der Waals surface area contributed by atoms with Crippen molar-refractivity contribution in [3.05, 3.63) is 34.9 Å². The van der Waals surface area contributed by atoms with Gasteiger partial charge in [-0.05, 0) is 24.1 Å². The fourth-order valence-corrected chi connectivity index (χ4v) is 3.33. The average Bonchev–Trinajstić information content (AvgIpc) is 3.00. The molecule has 1 aromatic rings. The van der Waals surface area contributed by atoms with Crippen LogP contribution in [0.3, 0.4) is 0 Å². The molecule has 0 spiro atoms. The van der Waals surface area contributed by atoms with Crippen LogP contribution in [-0.2, 0) is 11.2 Å². The number of nitrogens with one attached hydrogen (secondary N) is 1. The fourth-order valence-electron chi connectivity index (χ4n) is 3.20. The molecule has 2 saturated heterocycles. The Hall–Kier alpha value is -0.810. The number of piperazine rings is 1. The summed E-state index contributed by atoms with van der Waals surface area (Å²) in [4.78, 5) is 16.9. The van der Waals surface area contributed by atoms with Crippen molar-refractivity contribution in [3.63, 3.8) is 0 Å². The number of carbonyl (C=O) groups is 1. The van der Waals surface area contributed by atoms with Crippen LogP contribution < -0.4 is 5.32 Å². The van der Waals surface area contributed by atoms with E-state index >= 15 is 0 Å². The largest absolute Gasteiger partial charge is 0.341 e. The van der Waals surface area contributed by atoms with Crippen LogP contribution in [0.1, 0.15) is 12.0 Å². The molecule has 2 aliphatic rings. The van der Waals surface area contributed by atoms with Crippen molar-refractivity contribution >= 4 is 29.9 Å². The van der Waals surface area contributed by atoms with E-state index in [0.29, 0.717) is 17.5 Å². The van der Waals surface area contributed by atoms with Crippen LogP contribution in [0.2, 0.25) is 5.02 Å². The Bertz CT molecular complexity index is 489. The quantitative estimate of drug-likeness (QED) is 0.909. The van der Waals surface area contributed by atoms with Crippen LogP contribution in [0.15, 0.2) is 24.3 Å². The lowest BCUT2D eigenvalue weighted by atomic mass is 10.1. The van der Waals surface area contributed by atoms with Gasteiger partial charge in [0.25, 0.3) is 0 Å². The summed E-state index contributed by atoms with van der Waals surface area (Å²) in [5, 5.41) is 4.09. The number of likely N-dealkylation sites (tertiary alicyclic amines) is 1. The Labute approximate surface area is 143 Å². The highest BCUT2D eigenvalue weighted by atomic mass is 35.5. The Morgan fingerprint density at radius 3 is 2.55 bits per heavy atom.